The Bertz CT molecular complexity index is 640. The van der Waals surface area contributed by atoms with Gasteiger partial charge in [0.1, 0.15) is 17.2 Å². The maximum atomic E-state index is 5.56. The van der Waals surface area contributed by atoms with E-state index in [0.29, 0.717) is 12.6 Å². The highest BCUT2D eigenvalue weighted by molar-refractivity contribution is 5.79. The lowest BCUT2D eigenvalue weighted by atomic mass is 10.1. The van der Waals surface area contributed by atoms with Gasteiger partial charge in [-0.05, 0) is 39.3 Å². The monoisotopic (exact) mass is 406 g/mol. The fourth-order valence-electron chi connectivity index (χ4n) is 3.99. The second kappa shape index (κ2) is 11.8. The van der Waals surface area contributed by atoms with E-state index in [1.54, 1.807) is 21.3 Å². The van der Waals surface area contributed by atoms with Crippen LogP contribution in [0.1, 0.15) is 32.3 Å². The van der Waals surface area contributed by atoms with Gasteiger partial charge in [-0.15, -0.1) is 0 Å². The second-order valence-corrected chi connectivity index (χ2v) is 7.30. The van der Waals surface area contributed by atoms with Crippen LogP contribution >= 0.6 is 0 Å². The van der Waals surface area contributed by atoms with E-state index in [1.807, 2.05) is 12.1 Å². The van der Waals surface area contributed by atoms with Gasteiger partial charge >= 0.3 is 0 Å². The number of nitrogens with zero attached hydrogens (tertiary/aromatic N) is 3. The number of ether oxygens (including phenoxy) is 3. The molecule has 7 nitrogen and oxygen atoms in total. The molecule has 1 saturated heterocycles. The minimum atomic E-state index is 0.607. The smallest absolute Gasteiger partial charge is 0.193 e. The Hall–Kier alpha value is -2.15. The summed E-state index contributed by atoms with van der Waals surface area (Å²) in [5.41, 5.74) is 1.01. The molecule has 164 valence electrons. The molecule has 0 bridgehead atoms. The second-order valence-electron chi connectivity index (χ2n) is 7.30. The van der Waals surface area contributed by atoms with Crippen LogP contribution in [0.3, 0.4) is 0 Å². The molecule has 1 heterocycles. The Morgan fingerprint density at radius 3 is 2.41 bits per heavy atom. The van der Waals surface area contributed by atoms with E-state index in [2.05, 4.69) is 36.0 Å². The summed E-state index contributed by atoms with van der Waals surface area (Å²) in [4.78, 5) is 9.68. The van der Waals surface area contributed by atoms with Gasteiger partial charge in [-0.2, -0.15) is 0 Å². The van der Waals surface area contributed by atoms with Crippen molar-refractivity contribution in [3.8, 4) is 17.2 Å². The third kappa shape index (κ3) is 6.16. The number of likely N-dealkylation sites (N-methyl/N-ethyl adjacent to an activating group) is 2. The number of likely N-dealkylation sites (tertiary alicyclic amines) is 1. The molecule has 0 spiro atoms. The third-order valence-corrected chi connectivity index (χ3v) is 5.53. The van der Waals surface area contributed by atoms with E-state index in [4.69, 9.17) is 19.2 Å². The molecule has 0 saturated carbocycles. The highest BCUT2D eigenvalue weighted by atomic mass is 16.5. The zero-order chi connectivity index (χ0) is 21.2. The molecule has 0 aliphatic carbocycles. The molecule has 7 heteroatoms. The molecule has 1 fully saturated rings. The fourth-order valence-corrected chi connectivity index (χ4v) is 3.99. The standard InChI is InChI=1S/C22H38N4O3/c1-7-23-22(25(3)16-17-10-9-13-26(17)8-2)24-12-11-19-20(28-5)14-18(27-4)15-21(19)29-6/h14-15,17H,7-13,16H2,1-6H3,(H,23,24). The average Bonchev–Trinajstić information content (AvgIpc) is 3.19. The zero-order valence-electron chi connectivity index (χ0n) is 19.0. The Labute approximate surface area is 176 Å². The van der Waals surface area contributed by atoms with Crippen LogP contribution in [0.15, 0.2) is 17.1 Å². The largest absolute Gasteiger partial charge is 0.496 e. The molecular formula is C22H38N4O3. The van der Waals surface area contributed by atoms with Gasteiger partial charge in [-0.25, -0.2) is 0 Å². The summed E-state index contributed by atoms with van der Waals surface area (Å²) in [6.45, 7) is 9.16. The van der Waals surface area contributed by atoms with Crippen molar-refractivity contribution in [1.29, 1.82) is 0 Å². The van der Waals surface area contributed by atoms with Crippen molar-refractivity contribution >= 4 is 5.96 Å². The van der Waals surface area contributed by atoms with Crippen molar-refractivity contribution in [3.05, 3.63) is 17.7 Å². The van der Waals surface area contributed by atoms with Gasteiger partial charge in [-0.3, -0.25) is 9.89 Å². The predicted octanol–water partition coefficient (Wildman–Crippen LogP) is 2.64. The molecule has 1 unspecified atom stereocenters. The van der Waals surface area contributed by atoms with E-state index in [-0.39, 0.29) is 0 Å². The molecule has 1 atom stereocenters. The summed E-state index contributed by atoms with van der Waals surface area (Å²) >= 11 is 0. The highest BCUT2D eigenvalue weighted by Crippen LogP contribution is 2.34. The van der Waals surface area contributed by atoms with Gasteiger partial charge in [0.2, 0.25) is 0 Å². The Kier molecular flexibility index (Phi) is 9.38. The molecule has 1 aromatic rings. The molecule has 1 N–H and O–H groups in total. The van der Waals surface area contributed by atoms with Gasteiger partial charge in [-0.1, -0.05) is 6.92 Å². The number of benzene rings is 1. The van der Waals surface area contributed by atoms with Crippen LogP contribution in [0, 0.1) is 0 Å². The van der Waals surface area contributed by atoms with Gasteiger partial charge in [0, 0.05) is 50.4 Å². The SMILES string of the molecule is CCNC(=NCCc1c(OC)cc(OC)cc1OC)N(C)CC1CCCN1CC. The van der Waals surface area contributed by atoms with Crippen LogP contribution in [0.4, 0.5) is 0 Å². The van der Waals surface area contributed by atoms with Gasteiger partial charge < -0.3 is 24.4 Å². The van der Waals surface area contributed by atoms with Crippen LogP contribution < -0.4 is 19.5 Å². The summed E-state index contributed by atoms with van der Waals surface area (Å²) in [5.74, 6) is 3.19. The first kappa shape index (κ1) is 23.1. The summed E-state index contributed by atoms with van der Waals surface area (Å²) in [6, 6.07) is 4.38. The molecule has 0 aromatic heterocycles. The third-order valence-electron chi connectivity index (χ3n) is 5.53. The maximum absolute atomic E-state index is 5.56. The predicted molar refractivity (Wildman–Crippen MR) is 119 cm³/mol. The summed E-state index contributed by atoms with van der Waals surface area (Å²) in [5, 5.41) is 3.43. The van der Waals surface area contributed by atoms with Crippen LogP contribution in [-0.2, 0) is 6.42 Å². The van der Waals surface area contributed by atoms with Crippen molar-refractivity contribution < 1.29 is 14.2 Å². The number of aliphatic imine (C=N–C) groups is 1. The van der Waals surface area contributed by atoms with Crippen molar-refractivity contribution in [2.45, 2.75) is 39.2 Å². The van der Waals surface area contributed by atoms with Crippen LogP contribution in [0.25, 0.3) is 0 Å². The first-order chi connectivity index (χ1) is 14.1. The normalized spacial score (nSPS) is 17.3. The Morgan fingerprint density at radius 2 is 1.86 bits per heavy atom. The quantitative estimate of drug-likeness (QED) is 0.476. The van der Waals surface area contributed by atoms with E-state index < -0.39 is 0 Å². The molecular weight excluding hydrogens is 368 g/mol. The molecule has 1 aliphatic rings. The fraction of sp³-hybridized carbons (Fsp3) is 0.682. The highest BCUT2D eigenvalue weighted by Gasteiger charge is 2.25. The van der Waals surface area contributed by atoms with Crippen molar-refractivity contribution in [3.63, 3.8) is 0 Å². The summed E-state index contributed by atoms with van der Waals surface area (Å²) in [7, 11) is 7.10. The van der Waals surface area contributed by atoms with E-state index in [9.17, 15) is 0 Å². The maximum Gasteiger partial charge on any atom is 0.193 e. The topological polar surface area (TPSA) is 58.6 Å². The summed E-state index contributed by atoms with van der Waals surface area (Å²) < 4.78 is 16.4. The number of guanidine groups is 1. The van der Waals surface area contributed by atoms with Gasteiger partial charge in [0.05, 0.1) is 21.3 Å². The Balaban J connectivity index is 2.08. The van der Waals surface area contributed by atoms with Crippen molar-refractivity contribution in [2.24, 2.45) is 4.99 Å². The molecule has 0 radical (unpaired) electrons. The summed E-state index contributed by atoms with van der Waals surface area (Å²) in [6.07, 6.45) is 3.28. The number of methoxy groups -OCH3 is 3. The number of hydrogen-bond donors (Lipinski definition) is 1. The van der Waals surface area contributed by atoms with E-state index in [0.717, 1.165) is 54.8 Å². The number of hydrogen-bond acceptors (Lipinski definition) is 5. The van der Waals surface area contributed by atoms with Crippen LogP contribution in [0.5, 0.6) is 17.2 Å². The molecule has 0 amide bonds. The van der Waals surface area contributed by atoms with E-state index >= 15 is 0 Å². The van der Waals surface area contributed by atoms with Gasteiger partial charge in [0.15, 0.2) is 5.96 Å². The lowest BCUT2D eigenvalue weighted by Gasteiger charge is -2.29. The van der Waals surface area contributed by atoms with Crippen LogP contribution in [-0.4, -0.2) is 82.9 Å². The molecule has 1 aromatic carbocycles. The lowest BCUT2D eigenvalue weighted by molar-refractivity contribution is 0.232. The molecule has 2 rings (SSSR count). The van der Waals surface area contributed by atoms with E-state index in [1.165, 1.54) is 19.4 Å². The first-order valence-corrected chi connectivity index (χ1v) is 10.6. The average molecular weight is 407 g/mol. The number of rotatable bonds is 10. The minimum absolute atomic E-state index is 0.607. The molecule has 1 aliphatic heterocycles. The Morgan fingerprint density at radius 1 is 1.17 bits per heavy atom. The van der Waals surface area contributed by atoms with Crippen LogP contribution in [0.2, 0.25) is 0 Å². The molecule has 29 heavy (non-hydrogen) atoms. The number of nitrogens with one attached hydrogen (secondary N) is 1. The first-order valence-electron chi connectivity index (χ1n) is 10.6. The van der Waals surface area contributed by atoms with Gasteiger partial charge in [0.25, 0.3) is 0 Å². The van der Waals surface area contributed by atoms with Crippen molar-refractivity contribution in [2.75, 3.05) is 61.1 Å². The van der Waals surface area contributed by atoms with Crippen molar-refractivity contribution in [1.82, 2.24) is 15.1 Å². The lowest BCUT2D eigenvalue weighted by Crippen LogP contribution is -2.46. The minimum Gasteiger partial charge on any atom is -0.496 e. The zero-order valence-corrected chi connectivity index (χ0v) is 19.0.